The Hall–Kier alpha value is -0.600. The maximum absolute atomic E-state index is 6.24. The van der Waals surface area contributed by atoms with E-state index < -0.39 is 0 Å². The molecule has 0 aliphatic carbocycles. The van der Waals surface area contributed by atoms with Crippen molar-refractivity contribution >= 4 is 38.4 Å². The Morgan fingerprint density at radius 1 is 1.21 bits per heavy atom. The van der Waals surface area contributed by atoms with Gasteiger partial charge in [0.2, 0.25) is 0 Å². The van der Waals surface area contributed by atoms with Crippen molar-refractivity contribution in [3.63, 3.8) is 0 Å². The van der Waals surface area contributed by atoms with Crippen molar-refractivity contribution in [2.45, 2.75) is 13.8 Å². The summed E-state index contributed by atoms with van der Waals surface area (Å²) in [6, 6.07) is 4.04. The summed E-state index contributed by atoms with van der Waals surface area (Å²) in [7, 11) is 0. The predicted octanol–water partition coefficient (Wildman–Crippen LogP) is 4.27. The fourth-order valence-electron chi connectivity index (χ4n) is 1.49. The molecule has 0 amide bonds. The highest BCUT2D eigenvalue weighted by atomic mass is 79.9. The second kappa shape index (κ2) is 3.52. The Labute approximate surface area is 96.2 Å². The first-order valence-electron chi connectivity index (χ1n) is 4.31. The van der Waals surface area contributed by atoms with Gasteiger partial charge in [-0.15, -0.1) is 0 Å². The van der Waals surface area contributed by atoms with Gasteiger partial charge >= 0.3 is 0 Å². The number of fused-ring (bicyclic) bond motifs is 1. The molecule has 0 aliphatic rings. The number of pyridine rings is 1. The van der Waals surface area contributed by atoms with Crippen LogP contribution in [-0.4, -0.2) is 4.98 Å². The van der Waals surface area contributed by atoms with Gasteiger partial charge in [0.1, 0.15) is 0 Å². The van der Waals surface area contributed by atoms with Crippen molar-refractivity contribution in [1.29, 1.82) is 0 Å². The lowest BCUT2D eigenvalue weighted by Crippen LogP contribution is -1.88. The Morgan fingerprint density at radius 2 is 1.93 bits per heavy atom. The van der Waals surface area contributed by atoms with Gasteiger partial charge < -0.3 is 0 Å². The zero-order valence-corrected chi connectivity index (χ0v) is 10.3. The van der Waals surface area contributed by atoms with E-state index in [2.05, 4.69) is 20.9 Å². The molecule has 0 aliphatic heterocycles. The van der Waals surface area contributed by atoms with Crippen LogP contribution in [0.25, 0.3) is 10.9 Å². The molecule has 1 aromatic heterocycles. The quantitative estimate of drug-likeness (QED) is 0.697. The Balaban J connectivity index is 3.01. The van der Waals surface area contributed by atoms with Crippen molar-refractivity contribution in [3.05, 3.63) is 39.0 Å². The number of halogens is 2. The molecule has 3 heteroatoms. The Bertz CT molecular complexity index is 508. The van der Waals surface area contributed by atoms with E-state index in [4.69, 9.17) is 11.6 Å². The molecule has 0 radical (unpaired) electrons. The van der Waals surface area contributed by atoms with E-state index in [9.17, 15) is 0 Å². The van der Waals surface area contributed by atoms with Crippen molar-refractivity contribution in [3.8, 4) is 0 Å². The number of hydrogen-bond donors (Lipinski definition) is 0. The smallest absolute Gasteiger partial charge is 0.0861 e. The van der Waals surface area contributed by atoms with Crippen LogP contribution in [-0.2, 0) is 0 Å². The van der Waals surface area contributed by atoms with Crippen LogP contribution in [0.2, 0.25) is 5.02 Å². The maximum Gasteiger partial charge on any atom is 0.0861 e. The maximum atomic E-state index is 6.24. The second-order valence-electron chi connectivity index (χ2n) is 3.34. The molecular weight excluding hydrogens is 261 g/mol. The summed E-state index contributed by atoms with van der Waals surface area (Å²) in [6.45, 7) is 4.01. The Kier molecular flexibility index (Phi) is 2.50. The van der Waals surface area contributed by atoms with Crippen LogP contribution in [0.4, 0.5) is 0 Å². The molecule has 0 fully saturated rings. The Morgan fingerprint density at radius 3 is 2.64 bits per heavy atom. The number of benzene rings is 1. The van der Waals surface area contributed by atoms with Crippen LogP contribution in [0.3, 0.4) is 0 Å². The molecule has 0 unspecified atom stereocenters. The lowest BCUT2D eigenvalue weighted by molar-refractivity contribution is 1.31. The topological polar surface area (TPSA) is 12.9 Å². The fourth-order valence-corrected chi connectivity index (χ4v) is 2.21. The van der Waals surface area contributed by atoms with Gasteiger partial charge in [-0.25, -0.2) is 0 Å². The van der Waals surface area contributed by atoms with Gasteiger partial charge in [-0.1, -0.05) is 17.7 Å². The monoisotopic (exact) mass is 269 g/mol. The first kappa shape index (κ1) is 9.94. The van der Waals surface area contributed by atoms with E-state index in [0.717, 1.165) is 31.5 Å². The van der Waals surface area contributed by atoms with Crippen LogP contribution in [0.15, 0.2) is 22.8 Å². The number of aryl methyl sites for hydroxylation is 2. The van der Waals surface area contributed by atoms with E-state index in [1.807, 2.05) is 26.0 Å². The van der Waals surface area contributed by atoms with E-state index in [-0.39, 0.29) is 0 Å². The van der Waals surface area contributed by atoms with Crippen molar-refractivity contribution in [2.75, 3.05) is 0 Å². The summed E-state index contributed by atoms with van der Waals surface area (Å²) < 4.78 is 0.986. The minimum Gasteiger partial charge on any atom is -0.255 e. The SMILES string of the molecule is Cc1cnc2c(Br)ccc(C)c2c1Cl. The summed E-state index contributed by atoms with van der Waals surface area (Å²) in [5.74, 6) is 0. The molecule has 2 aromatic rings. The van der Waals surface area contributed by atoms with E-state index in [1.54, 1.807) is 6.20 Å². The highest BCUT2D eigenvalue weighted by molar-refractivity contribution is 9.10. The van der Waals surface area contributed by atoms with E-state index in [0.29, 0.717) is 0 Å². The van der Waals surface area contributed by atoms with Gasteiger partial charge in [-0.3, -0.25) is 4.98 Å². The highest BCUT2D eigenvalue weighted by Crippen LogP contribution is 2.32. The van der Waals surface area contributed by atoms with Gasteiger partial charge in [-0.05, 0) is 47.0 Å². The van der Waals surface area contributed by atoms with Gasteiger partial charge in [0.15, 0.2) is 0 Å². The fraction of sp³-hybridized carbons (Fsp3) is 0.182. The third-order valence-electron chi connectivity index (χ3n) is 2.29. The first-order valence-corrected chi connectivity index (χ1v) is 5.48. The summed E-state index contributed by atoms with van der Waals surface area (Å²) in [5, 5.41) is 1.84. The van der Waals surface area contributed by atoms with E-state index >= 15 is 0 Å². The van der Waals surface area contributed by atoms with Crippen LogP contribution in [0, 0.1) is 13.8 Å². The molecule has 0 N–H and O–H groups in total. The van der Waals surface area contributed by atoms with Gasteiger partial charge in [0.25, 0.3) is 0 Å². The van der Waals surface area contributed by atoms with Crippen LogP contribution in [0.1, 0.15) is 11.1 Å². The summed E-state index contributed by atoms with van der Waals surface area (Å²) in [5.41, 5.74) is 3.10. The third-order valence-corrected chi connectivity index (χ3v) is 3.42. The average Bonchev–Trinajstić information content (AvgIpc) is 2.16. The average molecular weight is 271 g/mol. The molecule has 1 nitrogen and oxygen atoms in total. The number of rotatable bonds is 0. The predicted molar refractivity (Wildman–Crippen MR) is 63.9 cm³/mol. The zero-order chi connectivity index (χ0) is 10.3. The molecule has 14 heavy (non-hydrogen) atoms. The highest BCUT2D eigenvalue weighted by Gasteiger charge is 2.08. The molecule has 72 valence electrons. The second-order valence-corrected chi connectivity index (χ2v) is 4.58. The lowest BCUT2D eigenvalue weighted by atomic mass is 10.1. The van der Waals surface area contributed by atoms with Crippen LogP contribution in [0.5, 0.6) is 0 Å². The molecule has 1 heterocycles. The third kappa shape index (κ3) is 1.43. The molecule has 0 saturated carbocycles. The summed E-state index contributed by atoms with van der Waals surface area (Å²) >= 11 is 9.71. The molecule has 2 rings (SSSR count). The van der Waals surface area contributed by atoms with Crippen molar-refractivity contribution < 1.29 is 0 Å². The summed E-state index contributed by atoms with van der Waals surface area (Å²) in [6.07, 6.45) is 1.80. The normalized spacial score (nSPS) is 10.9. The number of aromatic nitrogens is 1. The molecular formula is C11H9BrClN. The largest absolute Gasteiger partial charge is 0.255 e. The zero-order valence-electron chi connectivity index (χ0n) is 7.94. The molecule has 0 atom stereocenters. The van der Waals surface area contributed by atoms with Crippen LogP contribution >= 0.6 is 27.5 Å². The number of nitrogens with zero attached hydrogens (tertiary/aromatic N) is 1. The van der Waals surface area contributed by atoms with Gasteiger partial charge in [0, 0.05) is 16.1 Å². The molecule has 0 spiro atoms. The molecule has 0 bridgehead atoms. The lowest BCUT2D eigenvalue weighted by Gasteiger charge is -2.07. The molecule has 1 aromatic carbocycles. The summed E-state index contributed by atoms with van der Waals surface area (Å²) in [4.78, 5) is 4.37. The standard InChI is InChI=1S/C11H9BrClN/c1-6-3-4-8(12)11-9(6)10(13)7(2)5-14-11/h3-5H,1-2H3. The minimum atomic E-state index is 0.800. The van der Waals surface area contributed by atoms with Crippen LogP contribution < -0.4 is 0 Å². The van der Waals surface area contributed by atoms with Gasteiger partial charge in [-0.2, -0.15) is 0 Å². The minimum absolute atomic E-state index is 0.800. The molecule has 0 saturated heterocycles. The number of hydrogen-bond acceptors (Lipinski definition) is 1. The first-order chi connectivity index (χ1) is 6.61. The van der Waals surface area contributed by atoms with Crippen molar-refractivity contribution in [2.24, 2.45) is 0 Å². The van der Waals surface area contributed by atoms with Crippen molar-refractivity contribution in [1.82, 2.24) is 4.98 Å². The van der Waals surface area contributed by atoms with E-state index in [1.165, 1.54) is 0 Å². The van der Waals surface area contributed by atoms with Gasteiger partial charge in [0.05, 0.1) is 10.5 Å².